The lowest BCUT2D eigenvalue weighted by Crippen LogP contribution is -2.42. The lowest BCUT2D eigenvalue weighted by atomic mass is 10.3. The molecule has 1 aromatic rings. The summed E-state index contributed by atoms with van der Waals surface area (Å²) in [5.74, 6) is 2.51. The molecule has 0 aliphatic heterocycles. The van der Waals surface area contributed by atoms with Gasteiger partial charge in [-0.25, -0.2) is 0 Å². The van der Waals surface area contributed by atoms with E-state index in [0.717, 1.165) is 43.4 Å². The molecule has 124 valence electrons. The van der Waals surface area contributed by atoms with E-state index in [1.807, 2.05) is 24.3 Å². The van der Waals surface area contributed by atoms with Crippen LogP contribution in [0.2, 0.25) is 0 Å². The highest BCUT2D eigenvalue weighted by molar-refractivity contribution is 5.79. The van der Waals surface area contributed by atoms with Crippen molar-refractivity contribution in [3.63, 3.8) is 0 Å². The molecule has 0 amide bonds. The van der Waals surface area contributed by atoms with Crippen LogP contribution in [-0.4, -0.2) is 38.8 Å². The molecule has 0 aromatic heterocycles. The normalized spacial score (nSPS) is 12.6. The van der Waals surface area contributed by atoms with Gasteiger partial charge in [-0.3, -0.25) is 4.99 Å². The maximum atomic E-state index is 5.70. The second kappa shape index (κ2) is 10.8. The maximum absolute atomic E-state index is 5.70. The van der Waals surface area contributed by atoms with Gasteiger partial charge in [0.25, 0.3) is 0 Å². The summed E-state index contributed by atoms with van der Waals surface area (Å²) in [6, 6.07) is 8.07. The Kier molecular flexibility index (Phi) is 8.88. The molecule has 0 spiro atoms. The van der Waals surface area contributed by atoms with Gasteiger partial charge in [-0.05, 0) is 32.4 Å². The summed E-state index contributed by atoms with van der Waals surface area (Å²) >= 11 is 0. The number of rotatable bonds is 9. The van der Waals surface area contributed by atoms with E-state index in [1.54, 1.807) is 7.11 Å². The first-order chi connectivity index (χ1) is 10.7. The highest BCUT2D eigenvalue weighted by Crippen LogP contribution is 2.18. The molecule has 1 unspecified atom stereocenters. The Morgan fingerprint density at radius 2 is 2.05 bits per heavy atom. The minimum absolute atomic E-state index is 0.422. The molecule has 0 aliphatic rings. The van der Waals surface area contributed by atoms with Crippen LogP contribution in [0.3, 0.4) is 0 Å². The van der Waals surface area contributed by atoms with E-state index < -0.39 is 0 Å². The van der Waals surface area contributed by atoms with Crippen LogP contribution in [0.1, 0.15) is 33.6 Å². The second-order valence-electron chi connectivity index (χ2n) is 5.10. The van der Waals surface area contributed by atoms with E-state index in [0.29, 0.717) is 12.6 Å². The predicted molar refractivity (Wildman–Crippen MR) is 92.0 cm³/mol. The van der Waals surface area contributed by atoms with E-state index in [2.05, 4.69) is 36.4 Å². The quantitative estimate of drug-likeness (QED) is 0.418. The van der Waals surface area contributed by atoms with Crippen molar-refractivity contribution in [2.45, 2.75) is 39.7 Å². The van der Waals surface area contributed by atoms with Crippen LogP contribution in [0, 0.1) is 0 Å². The largest absolute Gasteiger partial charge is 0.497 e. The van der Waals surface area contributed by atoms with Crippen LogP contribution in [-0.2, 0) is 0 Å². The molecule has 1 atom stereocenters. The number of nitrogens with zero attached hydrogens (tertiary/aromatic N) is 1. The van der Waals surface area contributed by atoms with Gasteiger partial charge >= 0.3 is 0 Å². The van der Waals surface area contributed by atoms with Gasteiger partial charge in [0.1, 0.15) is 11.5 Å². The standard InChI is InChI=1S/C17H29N3O2/c1-5-14(3)20-17(18-6-2)19-11-8-12-22-16-10-7-9-15(13-16)21-4/h7,9-10,13-14H,5-6,8,11-12H2,1-4H3,(H2,18,19,20). The van der Waals surface area contributed by atoms with Crippen molar-refractivity contribution in [3.8, 4) is 11.5 Å². The van der Waals surface area contributed by atoms with Gasteiger partial charge in [0.15, 0.2) is 5.96 Å². The molecule has 0 heterocycles. The molecule has 0 radical (unpaired) electrons. The monoisotopic (exact) mass is 307 g/mol. The Bertz CT molecular complexity index is 449. The van der Waals surface area contributed by atoms with E-state index in [-0.39, 0.29) is 0 Å². The third-order valence-corrected chi connectivity index (χ3v) is 3.22. The fourth-order valence-electron chi connectivity index (χ4n) is 1.79. The summed E-state index contributed by atoms with van der Waals surface area (Å²) in [6.07, 6.45) is 1.94. The Labute approximate surface area is 134 Å². The summed E-state index contributed by atoms with van der Waals surface area (Å²) in [4.78, 5) is 4.56. The molecule has 2 N–H and O–H groups in total. The van der Waals surface area contributed by atoms with Crippen molar-refractivity contribution in [2.75, 3.05) is 26.8 Å². The van der Waals surface area contributed by atoms with Gasteiger partial charge < -0.3 is 20.1 Å². The predicted octanol–water partition coefficient (Wildman–Crippen LogP) is 2.82. The van der Waals surface area contributed by atoms with Gasteiger partial charge in [-0.1, -0.05) is 13.0 Å². The van der Waals surface area contributed by atoms with Crippen LogP contribution in [0.25, 0.3) is 0 Å². The Morgan fingerprint density at radius 1 is 1.27 bits per heavy atom. The third-order valence-electron chi connectivity index (χ3n) is 3.22. The highest BCUT2D eigenvalue weighted by atomic mass is 16.5. The Balaban J connectivity index is 2.33. The molecule has 0 saturated carbocycles. The molecule has 0 aliphatic carbocycles. The molecule has 0 bridgehead atoms. The molecule has 0 saturated heterocycles. The van der Waals surface area contributed by atoms with Gasteiger partial charge in [0, 0.05) is 31.6 Å². The summed E-state index contributed by atoms with van der Waals surface area (Å²) in [5.41, 5.74) is 0. The first-order valence-corrected chi connectivity index (χ1v) is 8.01. The number of hydrogen-bond donors (Lipinski definition) is 2. The van der Waals surface area contributed by atoms with Crippen LogP contribution in [0.5, 0.6) is 11.5 Å². The summed E-state index contributed by atoms with van der Waals surface area (Å²) in [5, 5.41) is 6.63. The molecule has 0 fully saturated rings. The first-order valence-electron chi connectivity index (χ1n) is 8.01. The zero-order valence-corrected chi connectivity index (χ0v) is 14.2. The SMILES string of the molecule is CCNC(=NCCCOc1cccc(OC)c1)NC(C)CC. The lowest BCUT2D eigenvalue weighted by molar-refractivity contribution is 0.311. The van der Waals surface area contributed by atoms with Crippen molar-refractivity contribution in [1.82, 2.24) is 10.6 Å². The average molecular weight is 307 g/mol. The second-order valence-corrected chi connectivity index (χ2v) is 5.10. The topological polar surface area (TPSA) is 54.9 Å². The molecule has 1 aromatic carbocycles. The zero-order chi connectivity index (χ0) is 16.2. The van der Waals surface area contributed by atoms with Crippen LogP contribution >= 0.6 is 0 Å². The number of hydrogen-bond acceptors (Lipinski definition) is 3. The summed E-state index contributed by atoms with van der Waals surface area (Å²) in [7, 11) is 1.65. The third kappa shape index (κ3) is 7.20. The van der Waals surface area contributed by atoms with Crippen molar-refractivity contribution in [2.24, 2.45) is 4.99 Å². The number of aliphatic imine (C=N–C) groups is 1. The van der Waals surface area contributed by atoms with E-state index in [4.69, 9.17) is 9.47 Å². The Hall–Kier alpha value is -1.91. The zero-order valence-electron chi connectivity index (χ0n) is 14.2. The van der Waals surface area contributed by atoms with Gasteiger partial charge in [-0.15, -0.1) is 0 Å². The number of nitrogens with one attached hydrogen (secondary N) is 2. The van der Waals surface area contributed by atoms with E-state index >= 15 is 0 Å². The van der Waals surface area contributed by atoms with Gasteiger partial charge in [0.05, 0.1) is 13.7 Å². The van der Waals surface area contributed by atoms with Crippen LogP contribution < -0.4 is 20.1 Å². The smallest absolute Gasteiger partial charge is 0.191 e. The van der Waals surface area contributed by atoms with E-state index in [1.165, 1.54) is 0 Å². The minimum Gasteiger partial charge on any atom is -0.497 e. The summed E-state index contributed by atoms with van der Waals surface area (Å²) in [6.45, 7) is 8.61. The molecule has 5 nitrogen and oxygen atoms in total. The molecule has 1 rings (SSSR count). The number of guanidine groups is 1. The van der Waals surface area contributed by atoms with Crippen molar-refractivity contribution >= 4 is 5.96 Å². The van der Waals surface area contributed by atoms with Crippen molar-refractivity contribution < 1.29 is 9.47 Å². The maximum Gasteiger partial charge on any atom is 0.191 e. The fourth-order valence-corrected chi connectivity index (χ4v) is 1.79. The Morgan fingerprint density at radius 3 is 2.73 bits per heavy atom. The molecule has 5 heteroatoms. The number of methoxy groups -OCH3 is 1. The lowest BCUT2D eigenvalue weighted by Gasteiger charge is -2.16. The summed E-state index contributed by atoms with van der Waals surface area (Å²) < 4.78 is 10.9. The molecular weight excluding hydrogens is 278 g/mol. The van der Waals surface area contributed by atoms with Crippen LogP contribution in [0.4, 0.5) is 0 Å². The van der Waals surface area contributed by atoms with Gasteiger partial charge in [-0.2, -0.15) is 0 Å². The van der Waals surface area contributed by atoms with Gasteiger partial charge in [0.2, 0.25) is 0 Å². The average Bonchev–Trinajstić information content (AvgIpc) is 2.54. The molecule has 22 heavy (non-hydrogen) atoms. The molecular formula is C17H29N3O2. The van der Waals surface area contributed by atoms with E-state index in [9.17, 15) is 0 Å². The van der Waals surface area contributed by atoms with Crippen molar-refractivity contribution in [3.05, 3.63) is 24.3 Å². The number of benzene rings is 1. The fraction of sp³-hybridized carbons (Fsp3) is 0.588. The van der Waals surface area contributed by atoms with Crippen molar-refractivity contribution in [1.29, 1.82) is 0 Å². The minimum atomic E-state index is 0.422. The highest BCUT2D eigenvalue weighted by Gasteiger charge is 2.02. The number of ether oxygens (including phenoxy) is 2. The van der Waals surface area contributed by atoms with Crippen LogP contribution in [0.15, 0.2) is 29.3 Å². The first kappa shape index (κ1) is 18.1.